The van der Waals surface area contributed by atoms with Crippen molar-refractivity contribution in [3.8, 4) is 0 Å². The summed E-state index contributed by atoms with van der Waals surface area (Å²) in [6, 6.07) is 9.01. The minimum atomic E-state index is 0.420. The molecule has 0 saturated carbocycles. The third-order valence-electron chi connectivity index (χ3n) is 2.49. The highest BCUT2D eigenvalue weighted by Gasteiger charge is 2.07. The fourth-order valence-corrected chi connectivity index (χ4v) is 2.15. The Kier molecular flexibility index (Phi) is 3.91. The highest BCUT2D eigenvalue weighted by molar-refractivity contribution is 6.44. The van der Waals surface area contributed by atoms with E-state index in [2.05, 4.69) is 5.32 Å². The largest absolute Gasteiger partial charge is 0.397 e. The highest BCUT2D eigenvalue weighted by Crippen LogP contribution is 2.35. The first-order chi connectivity index (χ1) is 8.47. The van der Waals surface area contributed by atoms with Gasteiger partial charge >= 0.3 is 0 Å². The third-order valence-corrected chi connectivity index (χ3v) is 3.52. The molecule has 18 heavy (non-hydrogen) atoms. The maximum Gasteiger partial charge on any atom is 0.0656 e. The maximum atomic E-state index is 6.09. The summed E-state index contributed by atoms with van der Waals surface area (Å²) < 4.78 is 0. The Labute approximate surface area is 121 Å². The molecule has 2 aromatic rings. The Morgan fingerprint density at radius 2 is 1.56 bits per heavy atom. The van der Waals surface area contributed by atoms with E-state index in [0.717, 1.165) is 11.3 Å². The van der Waals surface area contributed by atoms with Gasteiger partial charge < -0.3 is 11.1 Å². The van der Waals surface area contributed by atoms with Gasteiger partial charge in [-0.1, -0.05) is 40.9 Å². The molecule has 2 nitrogen and oxygen atoms in total. The van der Waals surface area contributed by atoms with Gasteiger partial charge in [0, 0.05) is 0 Å². The van der Waals surface area contributed by atoms with Gasteiger partial charge in [-0.3, -0.25) is 0 Å². The van der Waals surface area contributed by atoms with Crippen molar-refractivity contribution in [2.45, 2.75) is 6.92 Å². The number of anilines is 3. The summed E-state index contributed by atoms with van der Waals surface area (Å²) in [5.74, 6) is 0. The van der Waals surface area contributed by atoms with Crippen molar-refractivity contribution in [2.24, 2.45) is 0 Å². The summed E-state index contributed by atoms with van der Waals surface area (Å²) in [5.41, 5.74) is 9.12. The zero-order valence-electron chi connectivity index (χ0n) is 9.60. The van der Waals surface area contributed by atoms with Gasteiger partial charge in [-0.05, 0) is 36.8 Å². The number of nitrogens with two attached hydrogens (primary N) is 1. The van der Waals surface area contributed by atoms with Crippen LogP contribution in [0.3, 0.4) is 0 Å². The van der Waals surface area contributed by atoms with Gasteiger partial charge in [-0.2, -0.15) is 0 Å². The molecule has 5 heteroatoms. The number of hydrogen-bond donors (Lipinski definition) is 2. The van der Waals surface area contributed by atoms with Gasteiger partial charge in [0.15, 0.2) is 0 Å². The fraction of sp³-hybridized carbons (Fsp3) is 0.0769. The first-order valence-corrected chi connectivity index (χ1v) is 6.38. The molecule has 0 spiro atoms. The molecule has 0 saturated heterocycles. The van der Waals surface area contributed by atoms with Gasteiger partial charge in [0.1, 0.15) is 0 Å². The van der Waals surface area contributed by atoms with E-state index in [9.17, 15) is 0 Å². The minimum absolute atomic E-state index is 0.420. The van der Waals surface area contributed by atoms with Gasteiger partial charge in [-0.25, -0.2) is 0 Å². The number of nitrogen functional groups attached to an aromatic ring is 1. The third kappa shape index (κ3) is 2.83. The molecule has 0 fully saturated rings. The van der Waals surface area contributed by atoms with Crippen molar-refractivity contribution in [3.63, 3.8) is 0 Å². The van der Waals surface area contributed by atoms with E-state index in [1.54, 1.807) is 12.1 Å². The Balaban J connectivity index is 2.37. The molecule has 94 valence electrons. The van der Waals surface area contributed by atoms with E-state index in [1.807, 2.05) is 25.1 Å². The Morgan fingerprint density at radius 1 is 0.889 bits per heavy atom. The molecular formula is C13H11Cl3N2. The van der Waals surface area contributed by atoms with Crippen LogP contribution in [0.4, 0.5) is 17.1 Å². The second kappa shape index (κ2) is 5.27. The molecular weight excluding hydrogens is 291 g/mol. The van der Waals surface area contributed by atoms with Crippen LogP contribution in [0.25, 0.3) is 0 Å². The number of halogens is 3. The summed E-state index contributed by atoms with van der Waals surface area (Å²) in [5, 5.41) is 4.49. The smallest absolute Gasteiger partial charge is 0.0656 e. The molecule has 0 atom stereocenters. The van der Waals surface area contributed by atoms with Crippen molar-refractivity contribution >= 4 is 51.9 Å². The molecule has 3 N–H and O–H groups in total. The predicted octanol–water partition coefficient (Wildman–Crippen LogP) is 5.28. The first kappa shape index (κ1) is 13.3. The molecule has 0 amide bonds. The molecule has 2 rings (SSSR count). The number of aryl methyl sites for hydroxylation is 1. The second-order valence-electron chi connectivity index (χ2n) is 3.96. The van der Waals surface area contributed by atoms with E-state index in [4.69, 9.17) is 40.5 Å². The standard InChI is InChI=1S/C13H11Cl3N2/c1-7-2-3-12(11(17)4-7)18-13-6-9(15)8(14)5-10(13)16/h2-6,18H,17H2,1H3. The zero-order valence-corrected chi connectivity index (χ0v) is 11.9. The molecule has 0 unspecified atom stereocenters. The normalized spacial score (nSPS) is 10.4. The van der Waals surface area contributed by atoms with Gasteiger partial charge in [-0.15, -0.1) is 0 Å². The van der Waals surface area contributed by atoms with Crippen LogP contribution < -0.4 is 11.1 Å². The predicted molar refractivity (Wildman–Crippen MR) is 80.3 cm³/mol. The number of nitrogens with one attached hydrogen (secondary N) is 1. The lowest BCUT2D eigenvalue weighted by Crippen LogP contribution is -1.97. The Bertz CT molecular complexity index is 597. The van der Waals surface area contributed by atoms with E-state index in [-0.39, 0.29) is 0 Å². The van der Waals surface area contributed by atoms with E-state index < -0.39 is 0 Å². The Hall–Kier alpha value is -1.09. The highest BCUT2D eigenvalue weighted by atomic mass is 35.5. The van der Waals surface area contributed by atoms with Crippen molar-refractivity contribution in [1.82, 2.24) is 0 Å². The minimum Gasteiger partial charge on any atom is -0.397 e. The van der Waals surface area contributed by atoms with E-state index in [0.29, 0.717) is 26.4 Å². The van der Waals surface area contributed by atoms with E-state index in [1.165, 1.54) is 0 Å². The zero-order chi connectivity index (χ0) is 13.3. The summed E-state index contributed by atoms with van der Waals surface area (Å²) >= 11 is 17.9. The summed E-state index contributed by atoms with van der Waals surface area (Å²) in [6.07, 6.45) is 0. The Morgan fingerprint density at radius 3 is 2.22 bits per heavy atom. The average Bonchev–Trinajstić information content (AvgIpc) is 2.29. The molecule has 0 aliphatic rings. The van der Waals surface area contributed by atoms with Crippen molar-refractivity contribution in [2.75, 3.05) is 11.1 Å². The number of benzene rings is 2. The van der Waals surface area contributed by atoms with Crippen molar-refractivity contribution < 1.29 is 0 Å². The van der Waals surface area contributed by atoms with Gasteiger partial charge in [0.05, 0.1) is 32.1 Å². The molecule has 0 radical (unpaired) electrons. The topological polar surface area (TPSA) is 38.0 Å². The van der Waals surface area contributed by atoms with Crippen LogP contribution in [0.2, 0.25) is 15.1 Å². The average molecular weight is 302 g/mol. The quantitative estimate of drug-likeness (QED) is 0.585. The second-order valence-corrected chi connectivity index (χ2v) is 5.18. The molecule has 2 aromatic carbocycles. The first-order valence-electron chi connectivity index (χ1n) is 5.25. The monoisotopic (exact) mass is 300 g/mol. The lowest BCUT2D eigenvalue weighted by atomic mass is 10.2. The number of hydrogen-bond acceptors (Lipinski definition) is 2. The SMILES string of the molecule is Cc1ccc(Nc2cc(Cl)c(Cl)cc2Cl)c(N)c1. The van der Waals surface area contributed by atoms with Crippen LogP contribution in [0.15, 0.2) is 30.3 Å². The maximum absolute atomic E-state index is 6.09. The summed E-state index contributed by atoms with van der Waals surface area (Å²) in [4.78, 5) is 0. The lowest BCUT2D eigenvalue weighted by Gasteiger charge is -2.12. The van der Waals surface area contributed by atoms with Crippen molar-refractivity contribution in [1.29, 1.82) is 0 Å². The van der Waals surface area contributed by atoms with Crippen LogP contribution in [-0.2, 0) is 0 Å². The summed E-state index contributed by atoms with van der Waals surface area (Å²) in [6.45, 7) is 1.98. The summed E-state index contributed by atoms with van der Waals surface area (Å²) in [7, 11) is 0. The van der Waals surface area contributed by atoms with Crippen LogP contribution >= 0.6 is 34.8 Å². The van der Waals surface area contributed by atoms with Crippen LogP contribution in [0.1, 0.15) is 5.56 Å². The van der Waals surface area contributed by atoms with Gasteiger partial charge in [0.25, 0.3) is 0 Å². The van der Waals surface area contributed by atoms with E-state index >= 15 is 0 Å². The number of rotatable bonds is 2. The molecule has 0 aromatic heterocycles. The van der Waals surface area contributed by atoms with Crippen LogP contribution in [-0.4, -0.2) is 0 Å². The van der Waals surface area contributed by atoms with Crippen molar-refractivity contribution in [3.05, 3.63) is 51.0 Å². The lowest BCUT2D eigenvalue weighted by molar-refractivity contribution is 1.45. The van der Waals surface area contributed by atoms with Gasteiger partial charge in [0.2, 0.25) is 0 Å². The molecule has 0 heterocycles. The molecule has 0 aliphatic carbocycles. The fourth-order valence-electron chi connectivity index (χ4n) is 1.56. The van der Waals surface area contributed by atoms with Crippen LogP contribution in [0.5, 0.6) is 0 Å². The molecule has 0 bridgehead atoms. The molecule has 0 aliphatic heterocycles. The van der Waals surface area contributed by atoms with Crippen LogP contribution in [0, 0.1) is 6.92 Å².